The van der Waals surface area contributed by atoms with Crippen LogP contribution in [0.15, 0.2) is 35.2 Å². The number of ether oxygens (including phenoxy) is 1. The molecule has 0 bridgehead atoms. The van der Waals surface area contributed by atoms with E-state index in [1.807, 2.05) is 17.5 Å². The highest BCUT2D eigenvalue weighted by Gasteiger charge is 2.29. The van der Waals surface area contributed by atoms with Crippen LogP contribution in [0.1, 0.15) is 29.4 Å². The Bertz CT molecular complexity index is 658. The number of nitrogens with zero attached hydrogens (tertiary/aromatic N) is 2. The molecule has 2 aromatic rings. The van der Waals surface area contributed by atoms with Crippen molar-refractivity contribution in [3.8, 4) is 5.75 Å². The summed E-state index contributed by atoms with van der Waals surface area (Å²) in [5.74, 6) is 0.824. The topological polar surface area (TPSA) is 62.7 Å². The van der Waals surface area contributed by atoms with E-state index in [-0.39, 0.29) is 17.9 Å². The van der Waals surface area contributed by atoms with Crippen molar-refractivity contribution in [1.82, 2.24) is 9.88 Å². The van der Waals surface area contributed by atoms with Gasteiger partial charge in [-0.2, -0.15) is 0 Å². The molecule has 2 heterocycles. The summed E-state index contributed by atoms with van der Waals surface area (Å²) in [5, 5.41) is 11.6. The third-order valence-corrected chi connectivity index (χ3v) is 4.78. The van der Waals surface area contributed by atoms with Crippen LogP contribution in [-0.4, -0.2) is 40.1 Å². The summed E-state index contributed by atoms with van der Waals surface area (Å²) in [6.07, 6.45) is 0.476. The van der Waals surface area contributed by atoms with Gasteiger partial charge in [0.1, 0.15) is 12.4 Å². The zero-order valence-corrected chi connectivity index (χ0v) is 13.8. The van der Waals surface area contributed by atoms with Crippen molar-refractivity contribution in [2.24, 2.45) is 5.92 Å². The molecule has 1 aromatic carbocycles. The molecular weight excluding hydrogens is 312 g/mol. The van der Waals surface area contributed by atoms with E-state index >= 15 is 0 Å². The monoisotopic (exact) mass is 332 g/mol. The zero-order chi connectivity index (χ0) is 16.2. The average Bonchev–Trinajstić information content (AvgIpc) is 3.24. The van der Waals surface area contributed by atoms with Gasteiger partial charge in [0.15, 0.2) is 0 Å². The first kappa shape index (κ1) is 16.0. The van der Waals surface area contributed by atoms with Crippen molar-refractivity contribution in [2.45, 2.75) is 26.1 Å². The first-order chi connectivity index (χ1) is 11.1. The second-order valence-corrected chi connectivity index (χ2v) is 6.56. The largest absolute Gasteiger partial charge is 0.487 e. The van der Waals surface area contributed by atoms with E-state index in [0.29, 0.717) is 31.0 Å². The Morgan fingerprint density at radius 1 is 1.57 bits per heavy atom. The first-order valence-corrected chi connectivity index (χ1v) is 8.65. The molecule has 0 radical (unpaired) electrons. The highest BCUT2D eigenvalue weighted by atomic mass is 32.1. The summed E-state index contributed by atoms with van der Waals surface area (Å²) in [6, 6.07) is 7.23. The third kappa shape index (κ3) is 3.89. The predicted molar refractivity (Wildman–Crippen MR) is 88.6 cm³/mol. The van der Waals surface area contributed by atoms with E-state index in [9.17, 15) is 9.90 Å². The lowest BCUT2D eigenvalue weighted by atomic mass is 10.0. The van der Waals surface area contributed by atoms with Gasteiger partial charge in [0.05, 0.1) is 17.3 Å². The lowest BCUT2D eigenvalue weighted by Crippen LogP contribution is -2.30. The number of hydrogen-bond acceptors (Lipinski definition) is 5. The number of likely N-dealkylation sites (tertiary alicyclic amines) is 1. The number of aromatic nitrogens is 1. The number of carbonyl (C=O) groups is 1. The number of rotatable bonds is 5. The van der Waals surface area contributed by atoms with Crippen molar-refractivity contribution in [3.63, 3.8) is 0 Å². The van der Waals surface area contributed by atoms with Crippen LogP contribution >= 0.6 is 11.3 Å². The molecular formula is C17H20N2O3S. The van der Waals surface area contributed by atoms with Crippen LogP contribution in [0.25, 0.3) is 0 Å². The molecule has 5 nitrogen and oxygen atoms in total. The summed E-state index contributed by atoms with van der Waals surface area (Å²) in [5.41, 5.74) is 3.27. The fraction of sp³-hybridized carbons (Fsp3) is 0.412. The summed E-state index contributed by atoms with van der Waals surface area (Å²) in [7, 11) is 0. The van der Waals surface area contributed by atoms with E-state index in [0.717, 1.165) is 12.1 Å². The number of carbonyl (C=O) groups excluding carboxylic acids is 1. The van der Waals surface area contributed by atoms with Crippen LogP contribution in [0.4, 0.5) is 0 Å². The van der Waals surface area contributed by atoms with E-state index in [4.69, 9.17) is 4.74 Å². The predicted octanol–water partition coefficient (Wildman–Crippen LogP) is 2.57. The maximum Gasteiger partial charge on any atom is 0.253 e. The van der Waals surface area contributed by atoms with Crippen LogP contribution in [0.2, 0.25) is 0 Å². The fourth-order valence-electron chi connectivity index (χ4n) is 2.73. The second kappa shape index (κ2) is 7.10. The first-order valence-electron chi connectivity index (χ1n) is 7.71. The Kier molecular flexibility index (Phi) is 4.93. The molecule has 6 heteroatoms. The van der Waals surface area contributed by atoms with Gasteiger partial charge in [-0.05, 0) is 31.5 Å². The van der Waals surface area contributed by atoms with E-state index in [1.54, 1.807) is 29.5 Å². The van der Waals surface area contributed by atoms with Gasteiger partial charge in [-0.25, -0.2) is 4.98 Å². The van der Waals surface area contributed by atoms with Gasteiger partial charge in [0.25, 0.3) is 5.91 Å². The number of aliphatic hydroxyl groups excluding tert-OH is 1. The number of thiazole rings is 1. The number of hydrogen-bond donors (Lipinski definition) is 1. The molecule has 1 N–H and O–H groups in total. The SMILES string of the molecule is CC(O)C1CCN(C(=O)c2cccc(OCc3cscn3)c2)C1. The Morgan fingerprint density at radius 3 is 3.13 bits per heavy atom. The molecule has 0 spiro atoms. The zero-order valence-electron chi connectivity index (χ0n) is 13.0. The van der Waals surface area contributed by atoms with Gasteiger partial charge in [-0.15, -0.1) is 11.3 Å². The Balaban J connectivity index is 1.63. The number of amides is 1. The summed E-state index contributed by atoms with van der Waals surface area (Å²) in [4.78, 5) is 18.6. The van der Waals surface area contributed by atoms with Gasteiger partial charge in [0.2, 0.25) is 0 Å². The smallest absolute Gasteiger partial charge is 0.253 e. The minimum atomic E-state index is -0.374. The minimum absolute atomic E-state index is 0.00717. The number of benzene rings is 1. The Morgan fingerprint density at radius 2 is 2.43 bits per heavy atom. The fourth-order valence-corrected chi connectivity index (χ4v) is 3.28. The standard InChI is InChI=1S/C17H20N2O3S/c1-12(20)14-5-6-19(8-14)17(21)13-3-2-4-16(7-13)22-9-15-10-23-11-18-15/h2-4,7,10-12,14,20H,5-6,8-9H2,1H3. The van der Waals surface area contributed by atoms with Crippen LogP contribution in [0.3, 0.4) is 0 Å². The van der Waals surface area contributed by atoms with Crippen molar-refractivity contribution in [3.05, 3.63) is 46.4 Å². The Hall–Kier alpha value is -1.92. The van der Waals surface area contributed by atoms with Crippen LogP contribution in [0.5, 0.6) is 5.75 Å². The molecule has 1 aliphatic rings. The van der Waals surface area contributed by atoms with E-state index in [1.165, 1.54) is 11.3 Å². The molecule has 1 aromatic heterocycles. The lowest BCUT2D eigenvalue weighted by Gasteiger charge is -2.18. The average molecular weight is 332 g/mol. The van der Waals surface area contributed by atoms with Crippen molar-refractivity contribution < 1.29 is 14.6 Å². The van der Waals surface area contributed by atoms with E-state index in [2.05, 4.69) is 4.98 Å². The van der Waals surface area contributed by atoms with Crippen molar-refractivity contribution in [2.75, 3.05) is 13.1 Å². The maximum absolute atomic E-state index is 12.6. The summed E-state index contributed by atoms with van der Waals surface area (Å²) < 4.78 is 5.70. The van der Waals surface area contributed by atoms with Crippen LogP contribution in [-0.2, 0) is 6.61 Å². The summed E-state index contributed by atoms with van der Waals surface area (Å²) in [6.45, 7) is 3.49. The normalized spacial score (nSPS) is 18.9. The molecule has 122 valence electrons. The molecule has 2 unspecified atom stereocenters. The lowest BCUT2D eigenvalue weighted by molar-refractivity contribution is 0.0762. The second-order valence-electron chi connectivity index (χ2n) is 5.84. The quantitative estimate of drug-likeness (QED) is 0.914. The third-order valence-electron chi connectivity index (χ3n) is 4.15. The summed E-state index contributed by atoms with van der Waals surface area (Å²) >= 11 is 1.53. The number of aliphatic hydroxyl groups is 1. The molecule has 23 heavy (non-hydrogen) atoms. The molecule has 1 saturated heterocycles. The van der Waals surface area contributed by atoms with Gasteiger partial charge in [-0.1, -0.05) is 6.07 Å². The van der Waals surface area contributed by atoms with Crippen molar-refractivity contribution >= 4 is 17.2 Å². The Labute approximate surface area is 139 Å². The van der Waals surface area contributed by atoms with Gasteiger partial charge in [-0.3, -0.25) is 4.79 Å². The molecule has 3 rings (SSSR count). The van der Waals surface area contributed by atoms with Gasteiger partial charge < -0.3 is 14.7 Å². The van der Waals surface area contributed by atoms with Crippen LogP contribution in [0, 0.1) is 5.92 Å². The molecule has 1 fully saturated rings. The van der Waals surface area contributed by atoms with E-state index < -0.39 is 0 Å². The maximum atomic E-state index is 12.6. The van der Waals surface area contributed by atoms with Crippen LogP contribution < -0.4 is 4.74 Å². The van der Waals surface area contributed by atoms with Crippen molar-refractivity contribution in [1.29, 1.82) is 0 Å². The molecule has 2 atom stereocenters. The minimum Gasteiger partial charge on any atom is -0.487 e. The van der Waals surface area contributed by atoms with Gasteiger partial charge >= 0.3 is 0 Å². The molecule has 1 amide bonds. The highest BCUT2D eigenvalue weighted by molar-refractivity contribution is 7.07. The molecule has 0 aliphatic carbocycles. The molecule has 1 aliphatic heterocycles. The van der Waals surface area contributed by atoms with Gasteiger partial charge in [0, 0.05) is 30.0 Å². The highest BCUT2D eigenvalue weighted by Crippen LogP contribution is 2.23. The molecule has 0 saturated carbocycles.